The SMILES string of the molecule is CCOC(=O)C1CCC(NC(C)c2ccsc2)CC1. The molecule has 4 heteroatoms. The molecular formula is C15H23NO2S. The topological polar surface area (TPSA) is 38.3 Å². The summed E-state index contributed by atoms with van der Waals surface area (Å²) in [5.74, 6) is 0.112. The van der Waals surface area contributed by atoms with Crippen LogP contribution in [0.15, 0.2) is 16.8 Å². The number of thiophene rings is 1. The molecule has 1 N–H and O–H groups in total. The highest BCUT2D eigenvalue weighted by molar-refractivity contribution is 7.07. The van der Waals surface area contributed by atoms with Crippen molar-refractivity contribution in [2.45, 2.75) is 51.6 Å². The van der Waals surface area contributed by atoms with E-state index in [1.165, 1.54) is 5.56 Å². The van der Waals surface area contributed by atoms with Crippen LogP contribution >= 0.6 is 11.3 Å². The van der Waals surface area contributed by atoms with E-state index in [1.807, 2.05) is 6.92 Å². The maximum absolute atomic E-state index is 11.7. The maximum atomic E-state index is 11.7. The van der Waals surface area contributed by atoms with E-state index < -0.39 is 0 Å². The first-order chi connectivity index (χ1) is 9.20. The van der Waals surface area contributed by atoms with Crippen LogP contribution in [0, 0.1) is 5.92 Å². The van der Waals surface area contributed by atoms with Crippen LogP contribution in [0.1, 0.15) is 51.1 Å². The van der Waals surface area contributed by atoms with Gasteiger partial charge in [-0.25, -0.2) is 0 Å². The first-order valence-electron chi connectivity index (χ1n) is 7.15. The lowest BCUT2D eigenvalue weighted by Crippen LogP contribution is -2.36. The molecule has 0 amide bonds. The summed E-state index contributed by atoms with van der Waals surface area (Å²) in [5, 5.41) is 7.98. The molecule has 1 aliphatic rings. The van der Waals surface area contributed by atoms with Gasteiger partial charge in [-0.05, 0) is 61.9 Å². The van der Waals surface area contributed by atoms with Crippen molar-refractivity contribution in [3.63, 3.8) is 0 Å². The average Bonchev–Trinajstić information content (AvgIpc) is 2.94. The van der Waals surface area contributed by atoms with Crippen molar-refractivity contribution in [3.05, 3.63) is 22.4 Å². The second-order valence-electron chi connectivity index (χ2n) is 5.25. The molecular weight excluding hydrogens is 258 g/mol. The minimum absolute atomic E-state index is 0.00756. The molecule has 1 aliphatic carbocycles. The van der Waals surface area contributed by atoms with Crippen LogP contribution in [0.4, 0.5) is 0 Å². The fourth-order valence-corrected chi connectivity index (χ4v) is 3.48. The van der Waals surface area contributed by atoms with E-state index >= 15 is 0 Å². The van der Waals surface area contributed by atoms with E-state index in [2.05, 4.69) is 29.1 Å². The largest absolute Gasteiger partial charge is 0.466 e. The molecule has 2 rings (SSSR count). The van der Waals surface area contributed by atoms with Gasteiger partial charge in [0.15, 0.2) is 0 Å². The molecule has 3 nitrogen and oxygen atoms in total. The molecule has 106 valence electrons. The minimum Gasteiger partial charge on any atom is -0.466 e. The van der Waals surface area contributed by atoms with Crippen molar-refractivity contribution in [2.75, 3.05) is 6.61 Å². The molecule has 0 aromatic carbocycles. The zero-order valence-corrected chi connectivity index (χ0v) is 12.5. The molecule has 0 radical (unpaired) electrons. The van der Waals surface area contributed by atoms with Crippen molar-refractivity contribution in [3.8, 4) is 0 Å². The summed E-state index contributed by atoms with van der Waals surface area (Å²) in [6, 6.07) is 3.10. The highest BCUT2D eigenvalue weighted by atomic mass is 32.1. The Bertz CT molecular complexity index is 383. The molecule has 19 heavy (non-hydrogen) atoms. The standard InChI is InChI=1S/C15H23NO2S/c1-3-18-15(17)12-4-6-14(7-5-12)16-11(2)13-8-9-19-10-13/h8-12,14,16H,3-7H2,1-2H3. The molecule has 1 aromatic rings. The summed E-state index contributed by atoms with van der Waals surface area (Å²) < 4.78 is 5.10. The molecule has 0 saturated heterocycles. The number of nitrogens with one attached hydrogen (secondary N) is 1. The lowest BCUT2D eigenvalue weighted by molar-refractivity contribution is -0.149. The van der Waals surface area contributed by atoms with E-state index in [1.54, 1.807) is 11.3 Å². The number of esters is 1. The fraction of sp³-hybridized carbons (Fsp3) is 0.667. The van der Waals surface area contributed by atoms with Crippen LogP contribution in [0.5, 0.6) is 0 Å². The van der Waals surface area contributed by atoms with Gasteiger partial charge in [-0.3, -0.25) is 4.79 Å². The number of hydrogen-bond acceptors (Lipinski definition) is 4. The Balaban J connectivity index is 1.76. The van der Waals surface area contributed by atoms with Crippen LogP contribution < -0.4 is 5.32 Å². The van der Waals surface area contributed by atoms with Crippen LogP contribution in [-0.4, -0.2) is 18.6 Å². The van der Waals surface area contributed by atoms with Crippen molar-refractivity contribution < 1.29 is 9.53 Å². The van der Waals surface area contributed by atoms with Crippen LogP contribution in [0.25, 0.3) is 0 Å². The third kappa shape index (κ3) is 4.05. The summed E-state index contributed by atoms with van der Waals surface area (Å²) in [4.78, 5) is 11.7. The minimum atomic E-state index is -0.00756. The zero-order chi connectivity index (χ0) is 13.7. The molecule has 1 fully saturated rings. The first kappa shape index (κ1) is 14.5. The Morgan fingerprint density at radius 3 is 2.79 bits per heavy atom. The molecule has 1 heterocycles. The number of carbonyl (C=O) groups is 1. The van der Waals surface area contributed by atoms with Gasteiger partial charge < -0.3 is 10.1 Å². The molecule has 1 atom stereocenters. The average molecular weight is 281 g/mol. The van der Waals surface area contributed by atoms with E-state index in [4.69, 9.17) is 4.74 Å². The van der Waals surface area contributed by atoms with Gasteiger partial charge in [0, 0.05) is 12.1 Å². The third-order valence-electron chi connectivity index (χ3n) is 3.88. The monoisotopic (exact) mass is 281 g/mol. The summed E-state index contributed by atoms with van der Waals surface area (Å²) in [7, 11) is 0. The van der Waals surface area contributed by atoms with Gasteiger partial charge in [0.2, 0.25) is 0 Å². The Kier molecular flexibility index (Phi) is 5.40. The summed E-state index contributed by atoms with van der Waals surface area (Å²) in [5.41, 5.74) is 1.36. The number of carbonyl (C=O) groups excluding carboxylic acids is 1. The lowest BCUT2D eigenvalue weighted by atomic mass is 9.85. The van der Waals surface area contributed by atoms with Gasteiger partial charge in [-0.1, -0.05) is 0 Å². The molecule has 1 aromatic heterocycles. The third-order valence-corrected chi connectivity index (χ3v) is 4.58. The van der Waals surface area contributed by atoms with Gasteiger partial charge in [-0.2, -0.15) is 11.3 Å². The summed E-state index contributed by atoms with van der Waals surface area (Å²) in [6.45, 7) is 4.57. The Morgan fingerprint density at radius 2 is 2.21 bits per heavy atom. The van der Waals surface area contributed by atoms with Gasteiger partial charge in [0.25, 0.3) is 0 Å². The molecule has 1 unspecified atom stereocenters. The van der Waals surface area contributed by atoms with Crippen molar-refractivity contribution >= 4 is 17.3 Å². The molecule has 0 spiro atoms. The van der Waals surface area contributed by atoms with Gasteiger partial charge in [-0.15, -0.1) is 0 Å². The van der Waals surface area contributed by atoms with Crippen LogP contribution in [0.3, 0.4) is 0 Å². The molecule has 0 bridgehead atoms. The normalized spacial score (nSPS) is 24.9. The van der Waals surface area contributed by atoms with Crippen LogP contribution in [0.2, 0.25) is 0 Å². The highest BCUT2D eigenvalue weighted by Gasteiger charge is 2.27. The first-order valence-corrected chi connectivity index (χ1v) is 8.09. The summed E-state index contributed by atoms with van der Waals surface area (Å²) >= 11 is 1.74. The van der Waals surface area contributed by atoms with E-state index in [9.17, 15) is 4.79 Å². The van der Waals surface area contributed by atoms with Crippen molar-refractivity contribution in [2.24, 2.45) is 5.92 Å². The van der Waals surface area contributed by atoms with Gasteiger partial charge >= 0.3 is 5.97 Å². The van der Waals surface area contributed by atoms with E-state index in [-0.39, 0.29) is 11.9 Å². The van der Waals surface area contributed by atoms with Gasteiger partial charge in [0.1, 0.15) is 0 Å². The summed E-state index contributed by atoms with van der Waals surface area (Å²) in [6.07, 6.45) is 4.04. The highest BCUT2D eigenvalue weighted by Crippen LogP contribution is 2.27. The smallest absolute Gasteiger partial charge is 0.308 e. The van der Waals surface area contributed by atoms with E-state index in [0.29, 0.717) is 18.7 Å². The fourth-order valence-electron chi connectivity index (χ4n) is 2.73. The predicted octanol–water partition coefficient (Wildman–Crippen LogP) is 3.52. The zero-order valence-electron chi connectivity index (χ0n) is 11.7. The maximum Gasteiger partial charge on any atom is 0.308 e. The Hall–Kier alpha value is -0.870. The van der Waals surface area contributed by atoms with Gasteiger partial charge in [0.05, 0.1) is 12.5 Å². The molecule has 1 saturated carbocycles. The van der Waals surface area contributed by atoms with E-state index in [0.717, 1.165) is 25.7 Å². The predicted molar refractivity (Wildman–Crippen MR) is 78.2 cm³/mol. The van der Waals surface area contributed by atoms with Crippen molar-refractivity contribution in [1.82, 2.24) is 5.32 Å². The lowest BCUT2D eigenvalue weighted by Gasteiger charge is -2.30. The molecule has 0 aliphatic heterocycles. The Morgan fingerprint density at radius 1 is 1.47 bits per heavy atom. The second-order valence-corrected chi connectivity index (χ2v) is 6.03. The van der Waals surface area contributed by atoms with Crippen molar-refractivity contribution in [1.29, 1.82) is 0 Å². The quantitative estimate of drug-likeness (QED) is 0.839. The Labute approximate surface area is 119 Å². The number of hydrogen-bond donors (Lipinski definition) is 1. The second kappa shape index (κ2) is 7.06. The number of ether oxygens (including phenoxy) is 1. The number of rotatable bonds is 5. The van der Waals surface area contributed by atoms with Crippen LogP contribution in [-0.2, 0) is 9.53 Å².